The van der Waals surface area contributed by atoms with Crippen molar-refractivity contribution in [1.29, 1.82) is 0 Å². The van der Waals surface area contributed by atoms with E-state index < -0.39 is 11.6 Å². The van der Waals surface area contributed by atoms with Crippen molar-refractivity contribution in [3.05, 3.63) is 35.4 Å². The third-order valence-electron chi connectivity index (χ3n) is 4.01. The summed E-state index contributed by atoms with van der Waals surface area (Å²) in [6, 6.07) is 2.85. The molecule has 0 bridgehead atoms. The first-order valence-electron chi connectivity index (χ1n) is 7.90. The molecular formula is C17H22F2N2O2. The number of carbonyl (C=O) groups excluding carboxylic acids is 2. The highest BCUT2D eigenvalue weighted by Gasteiger charge is 2.25. The number of nitrogens with one attached hydrogen (secondary N) is 1. The predicted octanol–water partition coefficient (Wildman–Crippen LogP) is 2.59. The Bertz CT molecular complexity index is 570. The molecule has 0 aliphatic carbocycles. The minimum atomic E-state index is -0.758. The molecule has 4 nitrogen and oxygen atoms in total. The maximum absolute atomic E-state index is 13.3. The van der Waals surface area contributed by atoms with E-state index in [1.165, 1.54) is 0 Å². The average molecular weight is 324 g/mol. The fourth-order valence-electron chi connectivity index (χ4n) is 2.73. The van der Waals surface area contributed by atoms with Gasteiger partial charge in [-0.15, -0.1) is 0 Å². The van der Waals surface area contributed by atoms with Gasteiger partial charge in [0, 0.05) is 37.2 Å². The van der Waals surface area contributed by atoms with Crippen molar-refractivity contribution in [2.24, 2.45) is 11.8 Å². The smallest absolute Gasteiger partial charge is 0.254 e. The minimum absolute atomic E-state index is 0.0133. The molecule has 0 saturated carbocycles. The molecule has 1 aromatic carbocycles. The lowest BCUT2D eigenvalue weighted by Gasteiger charge is -2.33. The lowest BCUT2D eigenvalue weighted by Crippen LogP contribution is -2.44. The van der Waals surface area contributed by atoms with Gasteiger partial charge in [-0.2, -0.15) is 0 Å². The number of piperidine rings is 1. The largest absolute Gasteiger partial charge is 0.356 e. The van der Waals surface area contributed by atoms with Crippen LogP contribution in [-0.2, 0) is 4.79 Å². The van der Waals surface area contributed by atoms with E-state index in [-0.39, 0.29) is 29.2 Å². The second-order valence-electron chi connectivity index (χ2n) is 6.32. The number of carbonyl (C=O) groups is 2. The molecule has 1 aliphatic heterocycles. The quantitative estimate of drug-likeness (QED) is 0.925. The van der Waals surface area contributed by atoms with Crippen molar-refractivity contribution in [2.45, 2.75) is 26.7 Å². The van der Waals surface area contributed by atoms with E-state index in [0.29, 0.717) is 19.6 Å². The van der Waals surface area contributed by atoms with Crippen LogP contribution in [0.4, 0.5) is 8.78 Å². The van der Waals surface area contributed by atoms with E-state index in [1.54, 1.807) is 4.90 Å². The highest BCUT2D eigenvalue weighted by atomic mass is 19.1. The number of rotatable bonds is 4. The van der Waals surface area contributed by atoms with E-state index in [4.69, 9.17) is 0 Å². The summed E-state index contributed by atoms with van der Waals surface area (Å²) in [6.45, 7) is 5.20. The van der Waals surface area contributed by atoms with Crippen molar-refractivity contribution in [1.82, 2.24) is 10.2 Å². The number of hydrogen-bond donors (Lipinski definition) is 1. The summed E-state index contributed by atoms with van der Waals surface area (Å²) in [5.41, 5.74) is 0.0226. The normalized spacial score (nSPS) is 18.1. The van der Waals surface area contributed by atoms with Crippen LogP contribution in [0.2, 0.25) is 0 Å². The molecule has 6 heteroatoms. The number of likely N-dealkylation sites (tertiary alicyclic amines) is 1. The van der Waals surface area contributed by atoms with Crippen molar-refractivity contribution < 1.29 is 18.4 Å². The molecule has 1 aliphatic rings. The molecule has 0 spiro atoms. The molecule has 1 unspecified atom stereocenters. The Balaban J connectivity index is 1.97. The van der Waals surface area contributed by atoms with Gasteiger partial charge >= 0.3 is 0 Å². The van der Waals surface area contributed by atoms with Gasteiger partial charge in [-0.1, -0.05) is 13.8 Å². The maximum atomic E-state index is 13.3. The fraction of sp³-hybridized carbons (Fsp3) is 0.529. The summed E-state index contributed by atoms with van der Waals surface area (Å²) in [5, 5.41) is 2.87. The molecular weight excluding hydrogens is 302 g/mol. The summed E-state index contributed by atoms with van der Waals surface area (Å²) in [5.74, 6) is -1.82. The summed E-state index contributed by atoms with van der Waals surface area (Å²) >= 11 is 0. The third-order valence-corrected chi connectivity index (χ3v) is 4.01. The van der Waals surface area contributed by atoms with Gasteiger partial charge in [-0.05, 0) is 30.9 Å². The Labute approximate surface area is 134 Å². The highest BCUT2D eigenvalue weighted by molar-refractivity contribution is 5.94. The van der Waals surface area contributed by atoms with E-state index in [9.17, 15) is 18.4 Å². The standard InChI is InChI=1S/C17H22F2N2O2/c1-11(2)16(22)20-9-12-4-3-5-21(10-12)17(23)13-6-14(18)8-15(19)7-13/h6-8,11-12H,3-5,9-10H2,1-2H3,(H,20,22). The van der Waals surface area contributed by atoms with Crippen LogP contribution in [0.15, 0.2) is 18.2 Å². The van der Waals surface area contributed by atoms with Crippen molar-refractivity contribution in [3.8, 4) is 0 Å². The number of nitrogens with zero attached hydrogens (tertiary/aromatic N) is 1. The second-order valence-corrected chi connectivity index (χ2v) is 6.32. The van der Waals surface area contributed by atoms with E-state index in [1.807, 2.05) is 13.8 Å². The van der Waals surface area contributed by atoms with E-state index in [0.717, 1.165) is 31.0 Å². The first kappa shape index (κ1) is 17.4. The zero-order valence-electron chi connectivity index (χ0n) is 13.4. The zero-order chi connectivity index (χ0) is 17.0. The molecule has 2 rings (SSSR count). The van der Waals surface area contributed by atoms with Crippen molar-refractivity contribution in [3.63, 3.8) is 0 Å². The summed E-state index contributed by atoms with van der Waals surface area (Å²) < 4.78 is 26.5. The molecule has 1 saturated heterocycles. The molecule has 2 amide bonds. The van der Waals surface area contributed by atoms with Gasteiger partial charge in [0.05, 0.1) is 0 Å². The Morgan fingerprint density at radius 1 is 1.26 bits per heavy atom. The van der Waals surface area contributed by atoms with Gasteiger partial charge < -0.3 is 10.2 Å². The van der Waals surface area contributed by atoms with Crippen LogP contribution in [0, 0.1) is 23.5 Å². The lowest BCUT2D eigenvalue weighted by atomic mass is 9.97. The molecule has 1 heterocycles. The molecule has 1 N–H and O–H groups in total. The SMILES string of the molecule is CC(C)C(=O)NCC1CCCN(C(=O)c2cc(F)cc(F)c2)C1. The van der Waals surface area contributed by atoms with Gasteiger partial charge in [0.1, 0.15) is 11.6 Å². The third kappa shape index (κ3) is 4.74. The van der Waals surface area contributed by atoms with Crippen LogP contribution >= 0.6 is 0 Å². The molecule has 126 valence electrons. The lowest BCUT2D eigenvalue weighted by molar-refractivity contribution is -0.124. The molecule has 0 aromatic heterocycles. The first-order chi connectivity index (χ1) is 10.9. The second kappa shape index (κ2) is 7.53. The Hall–Kier alpha value is -1.98. The topological polar surface area (TPSA) is 49.4 Å². The fourth-order valence-corrected chi connectivity index (χ4v) is 2.73. The van der Waals surface area contributed by atoms with Gasteiger partial charge in [-0.3, -0.25) is 9.59 Å². The summed E-state index contributed by atoms with van der Waals surface area (Å²) in [6.07, 6.45) is 1.73. The van der Waals surface area contributed by atoms with Gasteiger partial charge in [0.2, 0.25) is 5.91 Å². The van der Waals surface area contributed by atoms with Gasteiger partial charge in [0.25, 0.3) is 5.91 Å². The molecule has 1 fully saturated rings. The highest BCUT2D eigenvalue weighted by Crippen LogP contribution is 2.19. The predicted molar refractivity (Wildman–Crippen MR) is 82.8 cm³/mol. The Morgan fingerprint density at radius 3 is 2.52 bits per heavy atom. The first-order valence-corrected chi connectivity index (χ1v) is 7.90. The molecule has 1 aromatic rings. The molecule has 1 atom stereocenters. The average Bonchev–Trinajstić information content (AvgIpc) is 2.51. The Morgan fingerprint density at radius 2 is 1.91 bits per heavy atom. The van der Waals surface area contributed by atoms with Gasteiger partial charge in [-0.25, -0.2) is 8.78 Å². The van der Waals surface area contributed by atoms with E-state index >= 15 is 0 Å². The van der Waals surface area contributed by atoms with Crippen LogP contribution in [0.1, 0.15) is 37.0 Å². The van der Waals surface area contributed by atoms with Crippen LogP contribution in [0.5, 0.6) is 0 Å². The summed E-state index contributed by atoms with van der Waals surface area (Å²) in [7, 11) is 0. The van der Waals surface area contributed by atoms with Crippen LogP contribution in [-0.4, -0.2) is 36.3 Å². The summed E-state index contributed by atoms with van der Waals surface area (Å²) in [4.78, 5) is 25.6. The van der Waals surface area contributed by atoms with Crippen LogP contribution in [0.25, 0.3) is 0 Å². The number of halogens is 2. The van der Waals surface area contributed by atoms with Crippen LogP contribution in [0.3, 0.4) is 0 Å². The maximum Gasteiger partial charge on any atom is 0.254 e. The number of hydrogen-bond acceptors (Lipinski definition) is 2. The van der Waals surface area contributed by atoms with Crippen molar-refractivity contribution >= 4 is 11.8 Å². The number of amides is 2. The van der Waals surface area contributed by atoms with Crippen LogP contribution < -0.4 is 5.32 Å². The Kier molecular flexibility index (Phi) is 5.69. The zero-order valence-corrected chi connectivity index (χ0v) is 13.4. The molecule has 23 heavy (non-hydrogen) atoms. The van der Waals surface area contributed by atoms with E-state index in [2.05, 4.69) is 5.32 Å². The monoisotopic (exact) mass is 324 g/mol. The van der Waals surface area contributed by atoms with Crippen molar-refractivity contribution in [2.75, 3.05) is 19.6 Å². The minimum Gasteiger partial charge on any atom is -0.356 e. The van der Waals surface area contributed by atoms with Gasteiger partial charge in [0.15, 0.2) is 0 Å². The number of benzene rings is 1. The molecule has 0 radical (unpaired) electrons.